The molecule has 0 aliphatic rings. The topological polar surface area (TPSA) is 64.0 Å². The first-order valence-electron chi connectivity index (χ1n) is 10.2. The molecule has 1 aromatic heterocycles. The first kappa shape index (κ1) is 21.8. The Labute approximate surface area is 189 Å². The third-order valence-electron chi connectivity index (χ3n) is 5.12. The standard InChI is InChI=1S/C25H22FN3O2S/c1-16-7-13-20(14-8-16)29-24(31)21-5-3-4-6-22(21)28-25(29)32-15-23(30)27-17(2)18-9-11-19(26)12-10-18/h3-14,17H,15H2,1-2H3,(H,27,30). The van der Waals surface area contributed by atoms with Crippen molar-refractivity contribution in [2.45, 2.75) is 25.0 Å². The van der Waals surface area contributed by atoms with E-state index < -0.39 is 0 Å². The van der Waals surface area contributed by atoms with E-state index in [0.29, 0.717) is 21.7 Å². The lowest BCUT2D eigenvalue weighted by Crippen LogP contribution is -2.29. The number of nitrogens with zero attached hydrogens (tertiary/aromatic N) is 2. The van der Waals surface area contributed by atoms with Crippen molar-refractivity contribution in [2.24, 2.45) is 0 Å². The largest absolute Gasteiger partial charge is 0.349 e. The summed E-state index contributed by atoms with van der Waals surface area (Å²) in [6, 6.07) is 20.5. The number of nitrogens with one attached hydrogen (secondary N) is 1. The number of halogens is 1. The zero-order valence-electron chi connectivity index (χ0n) is 17.7. The fraction of sp³-hybridized carbons (Fsp3) is 0.160. The summed E-state index contributed by atoms with van der Waals surface area (Å²) in [7, 11) is 0. The molecular weight excluding hydrogens is 425 g/mol. The molecule has 5 nitrogen and oxygen atoms in total. The third kappa shape index (κ3) is 4.73. The number of hydrogen-bond acceptors (Lipinski definition) is 4. The van der Waals surface area contributed by atoms with Crippen molar-refractivity contribution >= 4 is 28.6 Å². The summed E-state index contributed by atoms with van der Waals surface area (Å²) in [5.74, 6) is -0.439. The number of rotatable bonds is 6. The van der Waals surface area contributed by atoms with E-state index in [-0.39, 0.29) is 29.1 Å². The molecule has 0 spiro atoms. The number of aryl methyl sites for hydroxylation is 1. The monoisotopic (exact) mass is 447 g/mol. The summed E-state index contributed by atoms with van der Waals surface area (Å²) in [5, 5.41) is 3.87. The van der Waals surface area contributed by atoms with Crippen molar-refractivity contribution in [3.63, 3.8) is 0 Å². The lowest BCUT2D eigenvalue weighted by molar-refractivity contribution is -0.119. The Bertz CT molecular complexity index is 1320. The number of carbonyl (C=O) groups is 1. The van der Waals surface area contributed by atoms with Gasteiger partial charge in [0.2, 0.25) is 5.91 Å². The minimum Gasteiger partial charge on any atom is -0.349 e. The van der Waals surface area contributed by atoms with Gasteiger partial charge in [-0.05, 0) is 55.8 Å². The number of aromatic nitrogens is 2. The predicted octanol–water partition coefficient (Wildman–Crippen LogP) is 4.80. The summed E-state index contributed by atoms with van der Waals surface area (Å²) in [6.45, 7) is 3.82. The number of carbonyl (C=O) groups excluding carboxylic acids is 1. The highest BCUT2D eigenvalue weighted by Crippen LogP contribution is 2.22. The van der Waals surface area contributed by atoms with Crippen LogP contribution in [0.5, 0.6) is 0 Å². The van der Waals surface area contributed by atoms with Crippen LogP contribution in [0.4, 0.5) is 4.39 Å². The summed E-state index contributed by atoms with van der Waals surface area (Å²) < 4.78 is 14.7. The molecule has 3 aromatic carbocycles. The highest BCUT2D eigenvalue weighted by molar-refractivity contribution is 7.99. The van der Waals surface area contributed by atoms with E-state index in [1.807, 2.05) is 50.2 Å². The zero-order valence-corrected chi connectivity index (χ0v) is 18.5. The molecule has 0 saturated heterocycles. The van der Waals surface area contributed by atoms with Gasteiger partial charge in [0.15, 0.2) is 5.16 Å². The van der Waals surface area contributed by atoms with Gasteiger partial charge in [0.05, 0.1) is 28.4 Å². The molecule has 162 valence electrons. The number of thioether (sulfide) groups is 1. The smallest absolute Gasteiger partial charge is 0.266 e. The van der Waals surface area contributed by atoms with Crippen LogP contribution < -0.4 is 10.9 Å². The molecule has 7 heteroatoms. The van der Waals surface area contributed by atoms with E-state index in [1.165, 1.54) is 23.9 Å². The van der Waals surface area contributed by atoms with Crippen LogP contribution in [0.25, 0.3) is 16.6 Å². The van der Waals surface area contributed by atoms with Crippen molar-refractivity contribution in [1.29, 1.82) is 0 Å². The van der Waals surface area contributed by atoms with Gasteiger partial charge in [-0.3, -0.25) is 14.2 Å². The average molecular weight is 448 g/mol. The Morgan fingerprint density at radius 3 is 2.47 bits per heavy atom. The quantitative estimate of drug-likeness (QED) is 0.341. The molecule has 1 N–H and O–H groups in total. The van der Waals surface area contributed by atoms with Crippen LogP contribution in [0.1, 0.15) is 24.1 Å². The minimum atomic E-state index is -0.320. The average Bonchev–Trinajstić information content (AvgIpc) is 2.79. The molecule has 0 radical (unpaired) electrons. The molecule has 32 heavy (non-hydrogen) atoms. The molecule has 1 amide bonds. The van der Waals surface area contributed by atoms with Gasteiger partial charge in [0.25, 0.3) is 5.56 Å². The molecule has 4 rings (SSSR count). The Morgan fingerprint density at radius 1 is 1.06 bits per heavy atom. The van der Waals surface area contributed by atoms with Crippen molar-refractivity contribution in [3.8, 4) is 5.69 Å². The lowest BCUT2D eigenvalue weighted by Gasteiger charge is -2.16. The highest BCUT2D eigenvalue weighted by Gasteiger charge is 2.16. The zero-order chi connectivity index (χ0) is 22.7. The second-order valence-corrected chi connectivity index (χ2v) is 8.46. The summed E-state index contributed by atoms with van der Waals surface area (Å²) >= 11 is 1.20. The van der Waals surface area contributed by atoms with Crippen LogP contribution >= 0.6 is 11.8 Å². The van der Waals surface area contributed by atoms with Gasteiger partial charge in [-0.25, -0.2) is 9.37 Å². The Kier molecular flexibility index (Phi) is 6.37. The van der Waals surface area contributed by atoms with Crippen molar-refractivity contribution in [2.75, 3.05) is 5.75 Å². The van der Waals surface area contributed by atoms with Crippen molar-refractivity contribution in [3.05, 3.63) is 100 Å². The van der Waals surface area contributed by atoms with E-state index >= 15 is 0 Å². The highest BCUT2D eigenvalue weighted by atomic mass is 32.2. The normalized spacial score (nSPS) is 12.0. The number of para-hydroxylation sites is 1. The van der Waals surface area contributed by atoms with Gasteiger partial charge >= 0.3 is 0 Å². The first-order chi connectivity index (χ1) is 15.4. The van der Waals surface area contributed by atoms with Crippen molar-refractivity contribution < 1.29 is 9.18 Å². The van der Waals surface area contributed by atoms with Gasteiger partial charge in [0, 0.05) is 0 Å². The van der Waals surface area contributed by atoms with Crippen LogP contribution in [-0.4, -0.2) is 21.2 Å². The minimum absolute atomic E-state index is 0.0855. The van der Waals surface area contributed by atoms with Gasteiger partial charge in [-0.2, -0.15) is 0 Å². The summed E-state index contributed by atoms with van der Waals surface area (Å²) in [6.07, 6.45) is 0. The molecule has 1 heterocycles. The Hall–Kier alpha value is -3.45. The van der Waals surface area contributed by atoms with Crippen LogP contribution in [0.3, 0.4) is 0 Å². The van der Waals surface area contributed by atoms with Crippen LogP contribution in [0.15, 0.2) is 82.7 Å². The van der Waals surface area contributed by atoms with Gasteiger partial charge in [-0.1, -0.05) is 53.7 Å². The SMILES string of the molecule is Cc1ccc(-n2c(SCC(=O)NC(C)c3ccc(F)cc3)nc3ccccc3c2=O)cc1. The summed E-state index contributed by atoms with van der Waals surface area (Å²) in [5.41, 5.74) is 3.00. The predicted molar refractivity (Wildman–Crippen MR) is 126 cm³/mol. The van der Waals surface area contributed by atoms with Gasteiger partial charge < -0.3 is 5.32 Å². The molecule has 0 aliphatic carbocycles. The number of benzene rings is 3. The van der Waals surface area contributed by atoms with Crippen LogP contribution in [-0.2, 0) is 4.79 Å². The van der Waals surface area contributed by atoms with E-state index in [9.17, 15) is 14.0 Å². The third-order valence-corrected chi connectivity index (χ3v) is 6.06. The molecule has 0 fully saturated rings. The van der Waals surface area contributed by atoms with Crippen LogP contribution in [0.2, 0.25) is 0 Å². The molecule has 1 atom stereocenters. The number of fused-ring (bicyclic) bond motifs is 1. The van der Waals surface area contributed by atoms with Gasteiger partial charge in [0.1, 0.15) is 5.82 Å². The molecular formula is C25H22FN3O2S. The van der Waals surface area contributed by atoms with E-state index in [0.717, 1.165) is 11.1 Å². The molecule has 0 bridgehead atoms. The molecule has 0 saturated carbocycles. The lowest BCUT2D eigenvalue weighted by atomic mass is 10.1. The first-order valence-corrected chi connectivity index (χ1v) is 11.2. The molecule has 4 aromatic rings. The Morgan fingerprint density at radius 2 is 1.75 bits per heavy atom. The molecule has 1 unspecified atom stereocenters. The fourth-order valence-corrected chi connectivity index (χ4v) is 4.20. The second-order valence-electron chi connectivity index (χ2n) is 7.52. The van der Waals surface area contributed by atoms with Crippen LogP contribution in [0, 0.1) is 12.7 Å². The maximum Gasteiger partial charge on any atom is 0.266 e. The van der Waals surface area contributed by atoms with Gasteiger partial charge in [-0.15, -0.1) is 0 Å². The fourth-order valence-electron chi connectivity index (χ4n) is 3.38. The van der Waals surface area contributed by atoms with Crippen molar-refractivity contribution in [1.82, 2.24) is 14.9 Å². The van der Waals surface area contributed by atoms with E-state index in [1.54, 1.807) is 28.8 Å². The maximum atomic E-state index is 13.2. The number of hydrogen-bond donors (Lipinski definition) is 1. The molecule has 0 aliphatic heterocycles. The number of amides is 1. The van der Waals surface area contributed by atoms with E-state index in [2.05, 4.69) is 10.3 Å². The maximum absolute atomic E-state index is 13.2. The summed E-state index contributed by atoms with van der Waals surface area (Å²) in [4.78, 5) is 30.5. The van der Waals surface area contributed by atoms with E-state index in [4.69, 9.17) is 0 Å². The Balaban J connectivity index is 1.59. The second kappa shape index (κ2) is 9.36.